The van der Waals surface area contributed by atoms with Crippen molar-refractivity contribution in [3.8, 4) is 0 Å². The number of nitrogens with zero attached hydrogens (tertiary/aromatic N) is 1. The van der Waals surface area contributed by atoms with Crippen LogP contribution in [0.15, 0.2) is 0 Å². The summed E-state index contributed by atoms with van der Waals surface area (Å²) in [6, 6.07) is 0. The zero-order chi connectivity index (χ0) is 21.2. The van der Waals surface area contributed by atoms with Gasteiger partial charge in [0.05, 0.1) is 66.1 Å². The number of ether oxygens (including phenoxy) is 6. The molecule has 0 radical (unpaired) electrons. The molecular formula is C21H41NO7. The minimum atomic E-state index is -0.132. The van der Waals surface area contributed by atoms with E-state index in [0.29, 0.717) is 85.6 Å². The van der Waals surface area contributed by atoms with Crippen LogP contribution in [0.1, 0.15) is 33.6 Å². The van der Waals surface area contributed by atoms with E-state index in [2.05, 4.69) is 25.7 Å². The van der Waals surface area contributed by atoms with E-state index >= 15 is 0 Å². The van der Waals surface area contributed by atoms with Crippen LogP contribution < -0.4 is 0 Å². The molecule has 1 aliphatic heterocycles. The molecule has 1 fully saturated rings. The van der Waals surface area contributed by atoms with Crippen molar-refractivity contribution in [2.45, 2.75) is 33.6 Å². The number of rotatable bonds is 5. The zero-order valence-corrected chi connectivity index (χ0v) is 18.6. The molecule has 0 aromatic rings. The van der Waals surface area contributed by atoms with Gasteiger partial charge in [0.1, 0.15) is 6.61 Å². The Morgan fingerprint density at radius 2 is 1.17 bits per heavy atom. The first kappa shape index (κ1) is 26.3. The van der Waals surface area contributed by atoms with Crippen LogP contribution in [0.4, 0.5) is 0 Å². The molecule has 0 aromatic heterocycles. The standard InChI is InChI=1S/C21H41NO7/c1-21(2,3)5-4-20(23)29-11-8-22-6-9-24-12-14-26-16-18-28-19-17-27-15-13-25-10-7-22/h4-19H2,1-3H3. The Morgan fingerprint density at radius 3 is 1.59 bits per heavy atom. The van der Waals surface area contributed by atoms with Gasteiger partial charge in [-0.3, -0.25) is 9.69 Å². The van der Waals surface area contributed by atoms with Crippen molar-refractivity contribution in [2.75, 3.05) is 92.3 Å². The van der Waals surface area contributed by atoms with Gasteiger partial charge in [0.2, 0.25) is 0 Å². The van der Waals surface area contributed by atoms with Crippen molar-refractivity contribution in [1.29, 1.82) is 0 Å². The van der Waals surface area contributed by atoms with Crippen LogP contribution in [0.3, 0.4) is 0 Å². The number of carbonyl (C=O) groups excluding carboxylic acids is 1. The summed E-state index contributed by atoms with van der Waals surface area (Å²) in [4.78, 5) is 14.1. The molecule has 29 heavy (non-hydrogen) atoms. The fraction of sp³-hybridized carbons (Fsp3) is 0.952. The Balaban J connectivity index is 2.27. The third-order valence-electron chi connectivity index (χ3n) is 4.34. The molecule has 0 aliphatic carbocycles. The van der Waals surface area contributed by atoms with Crippen molar-refractivity contribution >= 4 is 5.97 Å². The summed E-state index contributed by atoms with van der Waals surface area (Å²) in [5.74, 6) is -0.132. The molecule has 1 saturated heterocycles. The zero-order valence-electron chi connectivity index (χ0n) is 18.6. The summed E-state index contributed by atoms with van der Waals surface area (Å²) in [5.41, 5.74) is 0.138. The Labute approximate surface area is 176 Å². The number of carbonyl (C=O) groups is 1. The van der Waals surface area contributed by atoms with E-state index in [4.69, 9.17) is 28.4 Å². The van der Waals surface area contributed by atoms with Crippen molar-refractivity contribution in [3.05, 3.63) is 0 Å². The average molecular weight is 420 g/mol. The maximum Gasteiger partial charge on any atom is 0.305 e. The van der Waals surface area contributed by atoms with E-state index in [1.165, 1.54) is 0 Å². The predicted molar refractivity (Wildman–Crippen MR) is 110 cm³/mol. The van der Waals surface area contributed by atoms with Gasteiger partial charge >= 0.3 is 5.97 Å². The third-order valence-corrected chi connectivity index (χ3v) is 4.34. The summed E-state index contributed by atoms with van der Waals surface area (Å²) in [7, 11) is 0. The van der Waals surface area contributed by atoms with E-state index in [9.17, 15) is 4.79 Å². The van der Waals surface area contributed by atoms with Gasteiger partial charge in [0.15, 0.2) is 0 Å². The summed E-state index contributed by atoms with van der Waals surface area (Å²) in [6.07, 6.45) is 1.29. The highest BCUT2D eigenvalue weighted by Gasteiger charge is 2.14. The largest absolute Gasteiger partial charge is 0.464 e. The van der Waals surface area contributed by atoms with Gasteiger partial charge in [-0.05, 0) is 11.8 Å². The first-order valence-electron chi connectivity index (χ1n) is 10.7. The van der Waals surface area contributed by atoms with Crippen LogP contribution in [0.5, 0.6) is 0 Å². The maximum absolute atomic E-state index is 11.9. The fourth-order valence-corrected chi connectivity index (χ4v) is 2.54. The first-order valence-corrected chi connectivity index (χ1v) is 10.7. The number of hydrogen-bond donors (Lipinski definition) is 0. The number of esters is 1. The second-order valence-corrected chi connectivity index (χ2v) is 8.18. The number of hydrogen-bond acceptors (Lipinski definition) is 8. The smallest absolute Gasteiger partial charge is 0.305 e. The van der Waals surface area contributed by atoms with Crippen LogP contribution >= 0.6 is 0 Å². The van der Waals surface area contributed by atoms with E-state index in [1.54, 1.807) is 0 Å². The Hall–Kier alpha value is -0.770. The van der Waals surface area contributed by atoms with Gasteiger partial charge < -0.3 is 28.4 Å². The molecule has 0 unspecified atom stereocenters. The molecule has 0 bridgehead atoms. The molecule has 8 heteroatoms. The summed E-state index contributed by atoms with van der Waals surface area (Å²) >= 11 is 0. The molecule has 1 heterocycles. The van der Waals surface area contributed by atoms with Gasteiger partial charge in [-0.1, -0.05) is 20.8 Å². The van der Waals surface area contributed by atoms with Crippen LogP contribution in [-0.2, 0) is 33.2 Å². The lowest BCUT2D eigenvalue weighted by Gasteiger charge is -2.22. The third kappa shape index (κ3) is 17.8. The summed E-state index contributed by atoms with van der Waals surface area (Å²) in [6.45, 7) is 14.5. The van der Waals surface area contributed by atoms with E-state index in [1.807, 2.05) is 0 Å². The Bertz CT molecular complexity index is 383. The lowest BCUT2D eigenvalue weighted by Crippen LogP contribution is -2.35. The molecule has 0 spiro atoms. The molecule has 1 aliphatic rings. The second-order valence-electron chi connectivity index (χ2n) is 8.18. The minimum absolute atomic E-state index is 0.132. The van der Waals surface area contributed by atoms with Crippen LogP contribution in [0, 0.1) is 5.41 Å². The fourth-order valence-electron chi connectivity index (χ4n) is 2.54. The molecule has 0 amide bonds. The van der Waals surface area contributed by atoms with Gasteiger partial charge in [0.25, 0.3) is 0 Å². The normalized spacial score (nSPS) is 20.5. The molecular weight excluding hydrogens is 378 g/mol. The van der Waals surface area contributed by atoms with Crippen molar-refractivity contribution in [1.82, 2.24) is 4.90 Å². The average Bonchev–Trinajstić information content (AvgIpc) is 2.67. The molecule has 172 valence electrons. The lowest BCUT2D eigenvalue weighted by atomic mass is 9.91. The summed E-state index contributed by atoms with van der Waals surface area (Å²) < 4.78 is 33.0. The van der Waals surface area contributed by atoms with E-state index in [-0.39, 0.29) is 11.4 Å². The van der Waals surface area contributed by atoms with Gasteiger partial charge in [-0.25, -0.2) is 0 Å². The van der Waals surface area contributed by atoms with Crippen LogP contribution in [-0.4, -0.2) is 103 Å². The van der Waals surface area contributed by atoms with Crippen LogP contribution in [0.25, 0.3) is 0 Å². The highest BCUT2D eigenvalue weighted by molar-refractivity contribution is 5.69. The second kappa shape index (κ2) is 17.0. The van der Waals surface area contributed by atoms with E-state index in [0.717, 1.165) is 19.5 Å². The van der Waals surface area contributed by atoms with Crippen molar-refractivity contribution < 1.29 is 33.2 Å². The van der Waals surface area contributed by atoms with Gasteiger partial charge in [-0.2, -0.15) is 0 Å². The Morgan fingerprint density at radius 1 is 0.759 bits per heavy atom. The minimum Gasteiger partial charge on any atom is -0.464 e. The monoisotopic (exact) mass is 419 g/mol. The Kier molecular flexibility index (Phi) is 15.4. The molecule has 1 rings (SSSR count). The molecule has 8 nitrogen and oxygen atoms in total. The summed E-state index contributed by atoms with van der Waals surface area (Å²) in [5, 5.41) is 0. The molecule has 0 aromatic carbocycles. The topological polar surface area (TPSA) is 75.7 Å². The first-order chi connectivity index (χ1) is 14.0. The van der Waals surface area contributed by atoms with E-state index < -0.39 is 0 Å². The van der Waals surface area contributed by atoms with Gasteiger partial charge in [0, 0.05) is 26.1 Å². The quantitative estimate of drug-likeness (QED) is 0.624. The molecule has 0 saturated carbocycles. The van der Waals surface area contributed by atoms with Crippen molar-refractivity contribution in [2.24, 2.45) is 5.41 Å². The van der Waals surface area contributed by atoms with Crippen LogP contribution in [0.2, 0.25) is 0 Å². The molecule has 0 atom stereocenters. The highest BCUT2D eigenvalue weighted by Crippen LogP contribution is 2.20. The van der Waals surface area contributed by atoms with Gasteiger partial charge in [-0.15, -0.1) is 0 Å². The lowest BCUT2D eigenvalue weighted by molar-refractivity contribution is -0.144. The maximum atomic E-state index is 11.9. The SMILES string of the molecule is CC(C)(C)CCC(=O)OCCN1CCOCCOCCOCCOCCOCC1. The highest BCUT2D eigenvalue weighted by atomic mass is 16.6. The molecule has 0 N–H and O–H groups in total. The van der Waals surface area contributed by atoms with Crippen molar-refractivity contribution in [3.63, 3.8) is 0 Å². The predicted octanol–water partition coefficient (Wildman–Crippen LogP) is 1.75.